The van der Waals surface area contributed by atoms with Gasteiger partial charge in [0.2, 0.25) is 5.00 Å². The van der Waals surface area contributed by atoms with Gasteiger partial charge in [-0.2, -0.15) is 0 Å². The number of benzene rings is 2. The number of ether oxygens (including phenoxy) is 1. The molecule has 8 nitrogen and oxygen atoms in total. The number of hydrogen-bond acceptors (Lipinski definition) is 7. The Kier molecular flexibility index (Phi) is 5.72. The van der Waals surface area contributed by atoms with Gasteiger partial charge in [-0.3, -0.25) is 19.9 Å². The lowest BCUT2D eigenvalue weighted by Crippen LogP contribution is -2.70. The van der Waals surface area contributed by atoms with Crippen molar-refractivity contribution in [1.29, 1.82) is 0 Å². The lowest BCUT2D eigenvalue weighted by atomic mass is 9.95. The van der Waals surface area contributed by atoms with E-state index in [1.807, 2.05) is 44.2 Å². The molecule has 2 saturated heterocycles. The minimum absolute atomic E-state index is 0.0430. The molecular formula is C22H20ClN3O5S. The molecule has 3 atom stereocenters. The minimum Gasteiger partial charge on any atom is -0.459 e. The fourth-order valence-corrected chi connectivity index (χ4v) is 5.71. The molecule has 0 aromatic heterocycles. The molecule has 2 aromatic rings. The lowest BCUT2D eigenvalue weighted by molar-refractivity contribution is -0.384. The second-order valence-electron chi connectivity index (χ2n) is 8.06. The van der Waals surface area contributed by atoms with Crippen molar-refractivity contribution in [1.82, 2.24) is 4.90 Å². The van der Waals surface area contributed by atoms with Crippen LogP contribution < -0.4 is 0 Å². The third-order valence-electron chi connectivity index (χ3n) is 5.42. The van der Waals surface area contributed by atoms with E-state index in [0.29, 0.717) is 5.56 Å². The number of aliphatic imine (C=N–C) groups is 1. The summed E-state index contributed by atoms with van der Waals surface area (Å²) in [7, 11) is 0. The van der Waals surface area contributed by atoms with Crippen LogP contribution in [0.3, 0.4) is 0 Å². The number of halogens is 1. The van der Waals surface area contributed by atoms with Crippen molar-refractivity contribution >= 4 is 47.1 Å². The Labute approximate surface area is 193 Å². The molecule has 2 aliphatic rings. The molecule has 10 heteroatoms. The lowest BCUT2D eigenvalue weighted by Gasteiger charge is -2.47. The molecule has 0 N–H and O–H groups in total. The van der Waals surface area contributed by atoms with Gasteiger partial charge in [0.1, 0.15) is 18.0 Å². The van der Waals surface area contributed by atoms with E-state index in [-0.39, 0.29) is 12.3 Å². The zero-order valence-corrected chi connectivity index (χ0v) is 18.9. The highest BCUT2D eigenvalue weighted by atomic mass is 35.5. The summed E-state index contributed by atoms with van der Waals surface area (Å²) in [5.74, 6) is -0.956. The summed E-state index contributed by atoms with van der Waals surface area (Å²) in [5.41, 5.74) is 1.39. The summed E-state index contributed by atoms with van der Waals surface area (Å²) >= 11 is 7.99. The number of β-lactam (4-membered cyclic amide) rings is 1. The number of rotatable bonds is 6. The van der Waals surface area contributed by atoms with Crippen LogP contribution in [0.1, 0.15) is 25.0 Å². The van der Waals surface area contributed by atoms with Crippen molar-refractivity contribution in [2.75, 3.05) is 0 Å². The van der Waals surface area contributed by atoms with Crippen molar-refractivity contribution < 1.29 is 19.2 Å². The van der Waals surface area contributed by atoms with Crippen molar-refractivity contribution in [2.45, 2.75) is 41.6 Å². The minimum atomic E-state index is -1.54. The van der Waals surface area contributed by atoms with E-state index < -0.39 is 38.0 Å². The fraction of sp³-hybridized carbons (Fsp3) is 0.318. The molecule has 0 aliphatic carbocycles. The SMILES string of the molecule is CC1(C)S[C@H]2N(C(=O)[C@@]2(Cl)N=Cc2ccc([N+](=O)[O-])cc2)[C@H]1C(=O)OCc1ccccc1. The quantitative estimate of drug-likeness (QED) is 0.120. The summed E-state index contributed by atoms with van der Waals surface area (Å²) in [5, 5.41) is 10.3. The molecule has 1 amide bonds. The van der Waals surface area contributed by atoms with Crippen LogP contribution in [0.2, 0.25) is 0 Å². The standard InChI is InChI=1S/C22H20ClN3O5S/c1-21(2)17(18(27)31-13-15-6-4-3-5-7-15)25-19(28)22(23,20(25)32-21)24-12-14-8-10-16(11-9-14)26(29)30/h3-12,17,20H,13H2,1-2H3/t17-,20+,22+/m0/s1. The number of thioether (sulfide) groups is 1. The molecule has 32 heavy (non-hydrogen) atoms. The molecule has 2 fully saturated rings. The number of alkyl halides is 1. The molecule has 2 heterocycles. The van der Waals surface area contributed by atoms with Gasteiger partial charge >= 0.3 is 5.97 Å². The van der Waals surface area contributed by atoms with Crippen LogP contribution in [-0.2, 0) is 20.9 Å². The number of fused-ring (bicyclic) bond motifs is 1. The van der Waals surface area contributed by atoms with Crippen LogP contribution in [0.25, 0.3) is 0 Å². The first-order valence-electron chi connectivity index (χ1n) is 9.83. The van der Waals surface area contributed by atoms with Gasteiger partial charge in [-0.1, -0.05) is 41.9 Å². The van der Waals surface area contributed by atoms with E-state index in [1.54, 1.807) is 0 Å². The van der Waals surface area contributed by atoms with Crippen LogP contribution in [0.5, 0.6) is 0 Å². The fourth-order valence-electron chi connectivity index (χ4n) is 3.76. The van der Waals surface area contributed by atoms with E-state index in [1.165, 1.54) is 47.1 Å². The highest BCUT2D eigenvalue weighted by molar-refractivity contribution is 8.01. The Bertz CT molecular complexity index is 1090. The molecule has 2 aliphatic heterocycles. The van der Waals surface area contributed by atoms with Crippen LogP contribution in [0, 0.1) is 10.1 Å². The average Bonchev–Trinajstić information content (AvgIpc) is 3.06. The van der Waals surface area contributed by atoms with Crippen molar-refractivity contribution in [3.8, 4) is 0 Å². The largest absolute Gasteiger partial charge is 0.459 e. The molecular weight excluding hydrogens is 454 g/mol. The van der Waals surface area contributed by atoms with Crippen LogP contribution in [0.15, 0.2) is 59.6 Å². The number of non-ortho nitro benzene ring substituents is 1. The third kappa shape index (κ3) is 3.86. The second kappa shape index (κ2) is 8.22. The molecule has 0 spiro atoms. The smallest absolute Gasteiger partial charge is 0.330 e. The summed E-state index contributed by atoms with van der Waals surface area (Å²) in [6.07, 6.45) is 1.42. The summed E-state index contributed by atoms with van der Waals surface area (Å²) < 4.78 is 4.88. The molecule has 4 rings (SSSR count). The van der Waals surface area contributed by atoms with E-state index in [0.717, 1.165) is 5.56 Å². The van der Waals surface area contributed by atoms with Crippen molar-refractivity contribution in [2.24, 2.45) is 4.99 Å². The predicted octanol–water partition coefficient (Wildman–Crippen LogP) is 3.75. The molecule has 0 radical (unpaired) electrons. The maximum Gasteiger partial charge on any atom is 0.330 e. The Morgan fingerprint density at radius 2 is 1.91 bits per heavy atom. The Balaban J connectivity index is 1.48. The first kappa shape index (κ1) is 22.3. The zero-order valence-electron chi connectivity index (χ0n) is 17.3. The average molecular weight is 474 g/mol. The Morgan fingerprint density at radius 1 is 1.25 bits per heavy atom. The number of amides is 1. The van der Waals surface area contributed by atoms with Gasteiger partial charge in [0.15, 0.2) is 0 Å². The van der Waals surface area contributed by atoms with E-state index in [2.05, 4.69) is 4.99 Å². The number of nitrogens with zero attached hydrogens (tertiary/aromatic N) is 3. The number of carbonyl (C=O) groups excluding carboxylic acids is 2. The maximum atomic E-state index is 13.0. The van der Waals surface area contributed by atoms with Gasteiger partial charge < -0.3 is 9.64 Å². The summed E-state index contributed by atoms with van der Waals surface area (Å²) in [6.45, 7) is 3.86. The normalized spacial score (nSPS) is 26.0. The van der Waals surface area contributed by atoms with Gasteiger partial charge in [-0.25, -0.2) is 4.79 Å². The van der Waals surface area contributed by atoms with E-state index >= 15 is 0 Å². The molecule has 0 saturated carbocycles. The van der Waals surface area contributed by atoms with Crippen molar-refractivity contribution in [3.63, 3.8) is 0 Å². The Morgan fingerprint density at radius 3 is 2.53 bits per heavy atom. The van der Waals surface area contributed by atoms with Gasteiger partial charge in [0.25, 0.3) is 11.6 Å². The maximum absolute atomic E-state index is 13.0. The number of carbonyl (C=O) groups is 2. The number of hydrogen-bond donors (Lipinski definition) is 0. The summed E-state index contributed by atoms with van der Waals surface area (Å²) in [4.78, 5) is 40.3. The monoisotopic (exact) mass is 473 g/mol. The molecule has 166 valence electrons. The highest BCUT2D eigenvalue weighted by Gasteiger charge is 2.71. The Hall–Kier alpha value is -2.91. The van der Waals surface area contributed by atoms with Gasteiger partial charge in [-0.05, 0) is 37.1 Å². The molecule has 0 bridgehead atoms. The second-order valence-corrected chi connectivity index (χ2v) is 10.4. The first-order chi connectivity index (χ1) is 15.1. The highest BCUT2D eigenvalue weighted by Crippen LogP contribution is 2.57. The predicted molar refractivity (Wildman–Crippen MR) is 122 cm³/mol. The molecule has 2 aromatic carbocycles. The number of nitro groups is 1. The van der Waals surface area contributed by atoms with Crippen LogP contribution in [0.4, 0.5) is 5.69 Å². The first-order valence-corrected chi connectivity index (χ1v) is 11.1. The van der Waals surface area contributed by atoms with E-state index in [9.17, 15) is 19.7 Å². The van der Waals surface area contributed by atoms with Crippen LogP contribution >= 0.6 is 23.4 Å². The molecule has 0 unspecified atom stereocenters. The zero-order chi connectivity index (χ0) is 23.1. The number of esters is 1. The number of nitro benzene ring substituents is 1. The van der Waals surface area contributed by atoms with Gasteiger partial charge in [-0.15, -0.1) is 11.8 Å². The van der Waals surface area contributed by atoms with Gasteiger partial charge in [0.05, 0.1) is 4.92 Å². The van der Waals surface area contributed by atoms with Gasteiger partial charge in [0, 0.05) is 23.1 Å². The summed E-state index contributed by atoms with van der Waals surface area (Å²) in [6, 6.07) is 14.3. The van der Waals surface area contributed by atoms with Crippen molar-refractivity contribution in [3.05, 3.63) is 75.8 Å². The topological polar surface area (TPSA) is 102 Å². The van der Waals surface area contributed by atoms with E-state index in [4.69, 9.17) is 16.3 Å². The van der Waals surface area contributed by atoms with Crippen LogP contribution in [-0.4, -0.2) is 49.1 Å². The third-order valence-corrected chi connectivity index (χ3v) is 7.64.